The number of carboxylic acid groups (broad SMARTS) is 1. The summed E-state index contributed by atoms with van der Waals surface area (Å²) >= 11 is 7.23. The molecule has 38 heavy (non-hydrogen) atoms. The van der Waals surface area contributed by atoms with Crippen LogP contribution in [0.3, 0.4) is 0 Å². The van der Waals surface area contributed by atoms with E-state index in [0.29, 0.717) is 5.56 Å². The number of nitrogens with zero attached hydrogens (tertiary/aromatic N) is 4. The highest BCUT2D eigenvalue weighted by molar-refractivity contribution is 8.01. The van der Waals surface area contributed by atoms with Crippen molar-refractivity contribution in [1.82, 2.24) is 30.5 Å². The van der Waals surface area contributed by atoms with Crippen molar-refractivity contribution in [3.63, 3.8) is 0 Å². The van der Waals surface area contributed by atoms with E-state index in [1.165, 1.54) is 28.9 Å². The maximum atomic E-state index is 13.4. The Morgan fingerprint density at radius 1 is 1.18 bits per heavy atom. The Labute approximate surface area is 224 Å². The molecule has 2 saturated heterocycles. The molecular formula is C24H21ClN6O6S. The molecule has 0 aliphatic carbocycles. The topological polar surface area (TPSA) is 175 Å². The average molecular weight is 557 g/mol. The molecule has 4 heterocycles. The molecule has 14 heteroatoms. The van der Waals surface area contributed by atoms with Gasteiger partial charge in [0.05, 0.1) is 5.02 Å². The lowest BCUT2D eigenvalue weighted by atomic mass is 9.95. The lowest BCUT2D eigenvalue weighted by Gasteiger charge is -2.44. The Kier molecular flexibility index (Phi) is 6.35. The Hall–Kier alpha value is -3.97. The standard InChI is InChI=1S/C24H21ClN6O6S/c1-24(2)16(23(36)37)31-21(35)15(22(31)38-24)29-18(32)13(10-6-4-3-5-7-10)28-19(33)14-20(34)30-17-12(27-14)8-11(25)9-26-17/h3-9,13,15-16,22H,1-2H3,(H,28,33)(H,29,32)(H,36,37)(H,26,30,34)/t13?,15-,16+,22-/m1/s1. The van der Waals surface area contributed by atoms with Crippen LogP contribution in [0.1, 0.15) is 35.9 Å². The van der Waals surface area contributed by atoms with Gasteiger partial charge in [-0.15, -0.1) is 11.8 Å². The molecule has 4 N–H and O–H groups in total. The summed E-state index contributed by atoms with van der Waals surface area (Å²) in [5, 5.41) is 24.8. The van der Waals surface area contributed by atoms with Crippen LogP contribution in [0.25, 0.3) is 11.2 Å². The predicted octanol–water partition coefficient (Wildman–Crippen LogP) is 1.49. The van der Waals surface area contributed by atoms with E-state index in [1.54, 1.807) is 44.2 Å². The van der Waals surface area contributed by atoms with Crippen LogP contribution < -0.4 is 10.6 Å². The van der Waals surface area contributed by atoms with Gasteiger partial charge in [-0.1, -0.05) is 41.9 Å². The number of hydrogen-bond acceptors (Lipinski definition) is 9. The van der Waals surface area contributed by atoms with E-state index in [2.05, 4.69) is 25.6 Å². The number of pyridine rings is 1. The summed E-state index contributed by atoms with van der Waals surface area (Å²) in [5.41, 5.74) is 0.196. The second kappa shape index (κ2) is 9.40. The summed E-state index contributed by atoms with van der Waals surface area (Å²) in [6.45, 7) is 3.46. The first-order valence-corrected chi connectivity index (χ1v) is 12.6. The molecule has 4 atom stereocenters. The third-order valence-electron chi connectivity index (χ3n) is 6.33. The van der Waals surface area contributed by atoms with Crippen LogP contribution in [0, 0.1) is 0 Å². The molecule has 0 spiro atoms. The van der Waals surface area contributed by atoms with E-state index in [9.17, 15) is 29.4 Å². The van der Waals surface area contributed by atoms with Gasteiger partial charge in [-0.2, -0.15) is 4.98 Å². The van der Waals surface area contributed by atoms with E-state index in [4.69, 9.17) is 11.6 Å². The molecule has 3 amide bonds. The number of aromatic hydroxyl groups is 1. The van der Waals surface area contributed by atoms with Gasteiger partial charge in [0.1, 0.15) is 29.0 Å². The number of rotatable bonds is 6. The molecule has 3 aromatic rings. The molecular weight excluding hydrogens is 536 g/mol. The van der Waals surface area contributed by atoms with Crippen molar-refractivity contribution in [3.05, 3.63) is 58.9 Å². The lowest BCUT2D eigenvalue weighted by Crippen LogP contribution is -2.71. The maximum absolute atomic E-state index is 13.4. The highest BCUT2D eigenvalue weighted by atomic mass is 35.5. The molecule has 2 aromatic heterocycles. The molecule has 1 aromatic carbocycles. The molecule has 5 rings (SSSR count). The van der Waals surface area contributed by atoms with Crippen LogP contribution in [0.4, 0.5) is 0 Å². The highest BCUT2D eigenvalue weighted by Gasteiger charge is 2.64. The fraction of sp³-hybridized carbons (Fsp3) is 0.292. The van der Waals surface area contributed by atoms with Crippen molar-refractivity contribution in [3.8, 4) is 5.88 Å². The van der Waals surface area contributed by atoms with Gasteiger partial charge in [0.2, 0.25) is 17.7 Å². The third kappa shape index (κ3) is 4.37. The largest absolute Gasteiger partial charge is 0.492 e. The molecule has 2 aliphatic rings. The Morgan fingerprint density at radius 2 is 1.89 bits per heavy atom. The average Bonchev–Trinajstić information content (AvgIpc) is 3.13. The minimum atomic E-state index is -1.27. The fourth-order valence-electron chi connectivity index (χ4n) is 4.59. The quantitative estimate of drug-likeness (QED) is 0.325. The summed E-state index contributed by atoms with van der Waals surface area (Å²) in [7, 11) is 0. The number of aliphatic carboxylic acids is 1. The van der Waals surface area contributed by atoms with Gasteiger partial charge < -0.3 is 25.7 Å². The zero-order valence-electron chi connectivity index (χ0n) is 20.0. The van der Waals surface area contributed by atoms with Crippen molar-refractivity contribution in [2.75, 3.05) is 0 Å². The number of fused-ring (bicyclic) bond motifs is 2. The number of halogens is 1. The monoisotopic (exact) mass is 556 g/mol. The number of aromatic nitrogens is 3. The number of amides is 3. The van der Waals surface area contributed by atoms with E-state index >= 15 is 0 Å². The van der Waals surface area contributed by atoms with Crippen LogP contribution >= 0.6 is 23.4 Å². The van der Waals surface area contributed by atoms with Crippen LogP contribution in [-0.2, 0) is 14.4 Å². The van der Waals surface area contributed by atoms with Crippen molar-refractivity contribution in [2.45, 2.75) is 42.1 Å². The number of carbonyl (C=O) groups excluding carboxylic acids is 3. The Bertz CT molecular complexity index is 1490. The SMILES string of the molecule is CC1(C)S[C@@H]2[C@H](NC(=O)C(NC(=O)c3nc4cc(Cl)cnc4nc3O)c3ccccc3)C(=O)N2[C@H]1C(=O)O. The van der Waals surface area contributed by atoms with Crippen LogP contribution in [-0.4, -0.2) is 76.0 Å². The first-order chi connectivity index (χ1) is 18.0. The predicted molar refractivity (Wildman–Crippen MR) is 136 cm³/mol. The number of β-lactam (4-membered cyclic amide) rings is 1. The Morgan fingerprint density at radius 3 is 2.58 bits per heavy atom. The van der Waals surface area contributed by atoms with Gasteiger partial charge >= 0.3 is 5.97 Å². The van der Waals surface area contributed by atoms with Gasteiger partial charge in [0.15, 0.2) is 11.3 Å². The normalized spacial score (nSPS) is 22.3. The second-order valence-corrected chi connectivity index (χ2v) is 11.5. The summed E-state index contributed by atoms with van der Waals surface area (Å²) in [5.74, 6) is -3.92. The third-order valence-corrected chi connectivity index (χ3v) is 8.11. The zero-order valence-corrected chi connectivity index (χ0v) is 21.5. The summed E-state index contributed by atoms with van der Waals surface area (Å²) in [6, 6.07) is 6.46. The van der Waals surface area contributed by atoms with Crippen LogP contribution in [0.15, 0.2) is 42.6 Å². The van der Waals surface area contributed by atoms with Crippen molar-refractivity contribution in [1.29, 1.82) is 0 Å². The molecule has 1 unspecified atom stereocenters. The number of carboxylic acids is 1. The van der Waals surface area contributed by atoms with Crippen LogP contribution in [0.2, 0.25) is 5.02 Å². The minimum Gasteiger partial charge on any atom is -0.492 e. The van der Waals surface area contributed by atoms with Crippen LogP contribution in [0.5, 0.6) is 5.88 Å². The number of nitrogens with one attached hydrogen (secondary N) is 2. The molecule has 196 valence electrons. The smallest absolute Gasteiger partial charge is 0.327 e. The first kappa shape index (κ1) is 25.7. The summed E-state index contributed by atoms with van der Waals surface area (Å²) < 4.78 is -0.761. The second-order valence-electron chi connectivity index (χ2n) is 9.29. The highest BCUT2D eigenvalue weighted by Crippen LogP contribution is 2.50. The van der Waals surface area contributed by atoms with Crippen molar-refractivity contribution < 1.29 is 29.4 Å². The molecule has 12 nitrogen and oxygen atoms in total. The molecule has 2 fully saturated rings. The number of benzene rings is 1. The molecule has 0 saturated carbocycles. The van der Waals surface area contributed by atoms with E-state index in [1.807, 2.05) is 0 Å². The zero-order chi connectivity index (χ0) is 27.4. The maximum Gasteiger partial charge on any atom is 0.327 e. The lowest BCUT2D eigenvalue weighted by molar-refractivity contribution is -0.161. The first-order valence-electron chi connectivity index (χ1n) is 11.4. The molecule has 0 radical (unpaired) electrons. The number of carbonyl (C=O) groups is 4. The number of hydrogen-bond donors (Lipinski definition) is 4. The Balaban J connectivity index is 1.40. The van der Waals surface area contributed by atoms with Gasteiger partial charge in [-0.25, -0.2) is 14.8 Å². The van der Waals surface area contributed by atoms with Crippen molar-refractivity contribution >= 4 is 58.2 Å². The van der Waals surface area contributed by atoms with Gasteiger partial charge in [0.25, 0.3) is 5.91 Å². The fourth-order valence-corrected chi connectivity index (χ4v) is 6.37. The number of thioether (sulfide) groups is 1. The minimum absolute atomic E-state index is 0.0745. The van der Waals surface area contributed by atoms with E-state index in [-0.39, 0.29) is 16.2 Å². The molecule has 2 aliphatic heterocycles. The molecule has 0 bridgehead atoms. The van der Waals surface area contributed by atoms with Gasteiger partial charge in [-0.05, 0) is 25.5 Å². The van der Waals surface area contributed by atoms with Gasteiger partial charge in [-0.3, -0.25) is 14.4 Å². The van der Waals surface area contributed by atoms with E-state index in [0.717, 1.165) is 0 Å². The van der Waals surface area contributed by atoms with Crippen molar-refractivity contribution in [2.24, 2.45) is 0 Å². The van der Waals surface area contributed by atoms with Gasteiger partial charge in [0, 0.05) is 10.9 Å². The summed E-state index contributed by atoms with van der Waals surface area (Å²) in [4.78, 5) is 64.4. The van der Waals surface area contributed by atoms with E-state index < -0.39 is 63.5 Å². The summed E-state index contributed by atoms with van der Waals surface area (Å²) in [6.07, 6.45) is 1.32.